The number of imidazole rings is 1. The lowest BCUT2D eigenvalue weighted by Gasteiger charge is -2.31. The van der Waals surface area contributed by atoms with Crippen LogP contribution in [0.3, 0.4) is 0 Å². The number of hydrogen-bond acceptors (Lipinski definition) is 5. The lowest BCUT2D eigenvalue weighted by atomic mass is 10.0. The van der Waals surface area contributed by atoms with Crippen LogP contribution in [-0.4, -0.2) is 51.2 Å². The van der Waals surface area contributed by atoms with E-state index >= 15 is 0 Å². The molecule has 0 aliphatic carbocycles. The number of carbonyl (C=O) groups excluding carboxylic acids is 1. The van der Waals surface area contributed by atoms with Gasteiger partial charge in [-0.15, -0.1) is 0 Å². The van der Waals surface area contributed by atoms with E-state index in [1.165, 1.54) is 12.1 Å². The number of non-ortho nitro benzene ring substituents is 1. The van der Waals surface area contributed by atoms with Gasteiger partial charge in [-0.3, -0.25) is 19.8 Å². The molecule has 0 saturated carbocycles. The number of amides is 1. The Morgan fingerprint density at radius 2 is 1.90 bits per heavy atom. The van der Waals surface area contributed by atoms with Crippen molar-refractivity contribution in [2.75, 3.05) is 20.6 Å². The first-order chi connectivity index (χ1) is 15.0. The maximum Gasteiger partial charge on any atom is 0.269 e. The van der Waals surface area contributed by atoms with Gasteiger partial charge in [0.25, 0.3) is 5.69 Å². The van der Waals surface area contributed by atoms with Gasteiger partial charge in [-0.1, -0.05) is 30.3 Å². The summed E-state index contributed by atoms with van der Waals surface area (Å²) in [7, 11) is 3.83. The minimum atomic E-state index is -0.421. The van der Waals surface area contributed by atoms with Crippen molar-refractivity contribution in [1.29, 1.82) is 0 Å². The Labute approximate surface area is 180 Å². The Balaban J connectivity index is 1.57. The quantitative estimate of drug-likeness (QED) is 0.482. The van der Waals surface area contributed by atoms with Crippen LogP contribution in [0.15, 0.2) is 60.8 Å². The van der Waals surface area contributed by atoms with Crippen molar-refractivity contribution >= 4 is 11.6 Å². The van der Waals surface area contributed by atoms with Gasteiger partial charge in [0.15, 0.2) is 0 Å². The summed E-state index contributed by atoms with van der Waals surface area (Å²) in [5.74, 6) is 0.803. The summed E-state index contributed by atoms with van der Waals surface area (Å²) in [6.07, 6.45) is 3.55. The molecule has 1 aliphatic rings. The SMILES string of the molecule is CN(C)C(C(=O)N1CCCC1c1nc(-c2ccc([N+](=O)[O-])cc2)c[nH]1)c1ccccc1. The normalized spacial score (nSPS) is 17.1. The Kier molecular flexibility index (Phi) is 5.81. The molecule has 1 amide bonds. The first-order valence-corrected chi connectivity index (χ1v) is 10.3. The van der Waals surface area contributed by atoms with Gasteiger partial charge in [0.2, 0.25) is 5.91 Å². The second-order valence-electron chi connectivity index (χ2n) is 7.94. The van der Waals surface area contributed by atoms with Gasteiger partial charge in [-0.05, 0) is 44.6 Å². The second kappa shape index (κ2) is 8.69. The highest BCUT2D eigenvalue weighted by molar-refractivity contribution is 5.84. The fourth-order valence-electron chi connectivity index (χ4n) is 4.18. The lowest BCUT2D eigenvalue weighted by molar-refractivity contribution is -0.384. The van der Waals surface area contributed by atoms with Gasteiger partial charge in [-0.2, -0.15) is 0 Å². The predicted molar refractivity (Wildman–Crippen MR) is 117 cm³/mol. The molecule has 1 aromatic heterocycles. The fraction of sp³-hybridized carbons (Fsp3) is 0.304. The van der Waals surface area contributed by atoms with Crippen LogP contribution in [0, 0.1) is 10.1 Å². The van der Waals surface area contributed by atoms with Gasteiger partial charge in [-0.25, -0.2) is 4.98 Å². The molecule has 0 radical (unpaired) electrons. The number of hydrogen-bond donors (Lipinski definition) is 1. The van der Waals surface area contributed by atoms with Crippen molar-refractivity contribution in [3.05, 3.63) is 82.3 Å². The first kappa shape index (κ1) is 20.7. The summed E-state index contributed by atoms with van der Waals surface area (Å²) in [5.41, 5.74) is 2.51. The summed E-state index contributed by atoms with van der Waals surface area (Å²) in [6, 6.07) is 15.6. The van der Waals surface area contributed by atoms with Crippen LogP contribution >= 0.6 is 0 Å². The third kappa shape index (κ3) is 4.20. The summed E-state index contributed by atoms with van der Waals surface area (Å²) in [4.78, 5) is 35.8. The van der Waals surface area contributed by atoms with Crippen molar-refractivity contribution in [1.82, 2.24) is 19.8 Å². The summed E-state index contributed by atoms with van der Waals surface area (Å²) >= 11 is 0. The van der Waals surface area contributed by atoms with Crippen LogP contribution < -0.4 is 0 Å². The molecule has 8 nitrogen and oxygen atoms in total. The summed E-state index contributed by atoms with van der Waals surface area (Å²) < 4.78 is 0. The van der Waals surface area contributed by atoms with E-state index < -0.39 is 4.92 Å². The van der Waals surface area contributed by atoms with Crippen LogP contribution in [0.1, 0.15) is 36.3 Å². The highest BCUT2D eigenvalue weighted by atomic mass is 16.6. The molecule has 0 spiro atoms. The number of benzene rings is 2. The van der Waals surface area contributed by atoms with Crippen molar-refractivity contribution < 1.29 is 9.72 Å². The van der Waals surface area contributed by atoms with Crippen molar-refractivity contribution in [2.24, 2.45) is 0 Å². The average Bonchev–Trinajstić information content (AvgIpc) is 3.44. The molecule has 2 unspecified atom stereocenters. The number of likely N-dealkylation sites (N-methyl/N-ethyl adjacent to an activating group) is 1. The molecule has 1 aliphatic heterocycles. The number of nitro benzene ring substituents is 1. The van der Waals surface area contributed by atoms with E-state index in [0.29, 0.717) is 12.2 Å². The molecule has 31 heavy (non-hydrogen) atoms. The molecule has 160 valence electrons. The second-order valence-corrected chi connectivity index (χ2v) is 7.94. The largest absolute Gasteiger partial charge is 0.346 e. The molecule has 2 aromatic carbocycles. The maximum atomic E-state index is 13.5. The number of nitro groups is 1. The summed E-state index contributed by atoms with van der Waals surface area (Å²) in [5, 5.41) is 10.9. The predicted octanol–water partition coefficient (Wildman–Crippen LogP) is 3.95. The smallest absolute Gasteiger partial charge is 0.269 e. The molecule has 8 heteroatoms. The molecule has 1 saturated heterocycles. The van der Waals surface area contributed by atoms with E-state index in [0.717, 1.165) is 29.8 Å². The van der Waals surface area contributed by atoms with Crippen LogP contribution in [-0.2, 0) is 4.79 Å². The van der Waals surface area contributed by atoms with Crippen LogP contribution in [0.25, 0.3) is 11.3 Å². The molecule has 1 N–H and O–H groups in total. The molecule has 2 heterocycles. The Bertz CT molecular complexity index is 1060. The maximum absolute atomic E-state index is 13.5. The molecule has 2 atom stereocenters. The third-order valence-electron chi connectivity index (χ3n) is 5.69. The molecular formula is C23H25N5O3. The minimum absolute atomic E-state index is 0.0442. The number of carbonyl (C=O) groups is 1. The van der Waals surface area contributed by atoms with Gasteiger partial charge in [0.05, 0.1) is 16.7 Å². The third-order valence-corrected chi connectivity index (χ3v) is 5.69. The van der Waals surface area contributed by atoms with Crippen molar-refractivity contribution in [3.8, 4) is 11.3 Å². The number of likely N-dealkylation sites (tertiary alicyclic amines) is 1. The minimum Gasteiger partial charge on any atom is -0.346 e. The average molecular weight is 419 g/mol. The van der Waals surface area contributed by atoms with Crippen LogP contribution in [0.5, 0.6) is 0 Å². The summed E-state index contributed by atoms with van der Waals surface area (Å²) in [6.45, 7) is 0.689. The van der Waals surface area contributed by atoms with Gasteiger partial charge < -0.3 is 9.88 Å². The van der Waals surface area contributed by atoms with E-state index in [9.17, 15) is 14.9 Å². The van der Waals surface area contributed by atoms with Crippen LogP contribution in [0.4, 0.5) is 5.69 Å². The van der Waals surface area contributed by atoms with Crippen molar-refractivity contribution in [2.45, 2.75) is 24.9 Å². The Morgan fingerprint density at radius 3 is 2.55 bits per heavy atom. The number of aromatic nitrogens is 2. The van der Waals surface area contributed by atoms with E-state index in [4.69, 9.17) is 4.98 Å². The molecule has 4 rings (SSSR count). The molecular weight excluding hydrogens is 394 g/mol. The van der Waals surface area contributed by atoms with Crippen molar-refractivity contribution in [3.63, 3.8) is 0 Å². The lowest BCUT2D eigenvalue weighted by Crippen LogP contribution is -2.40. The highest BCUT2D eigenvalue weighted by Crippen LogP contribution is 2.35. The number of H-pyrrole nitrogens is 1. The Morgan fingerprint density at radius 1 is 1.19 bits per heavy atom. The molecule has 1 fully saturated rings. The van der Waals surface area contributed by atoms with E-state index in [1.54, 1.807) is 18.3 Å². The zero-order valence-electron chi connectivity index (χ0n) is 17.6. The zero-order valence-corrected chi connectivity index (χ0v) is 17.6. The number of nitrogens with one attached hydrogen (secondary N) is 1. The Hall–Kier alpha value is -3.52. The van der Waals surface area contributed by atoms with E-state index in [1.807, 2.05) is 54.2 Å². The van der Waals surface area contributed by atoms with Crippen LogP contribution in [0.2, 0.25) is 0 Å². The van der Waals surface area contributed by atoms with Gasteiger partial charge in [0, 0.05) is 30.4 Å². The topological polar surface area (TPSA) is 95.4 Å². The van der Waals surface area contributed by atoms with Gasteiger partial charge >= 0.3 is 0 Å². The number of aromatic amines is 1. The highest BCUT2D eigenvalue weighted by Gasteiger charge is 2.37. The molecule has 0 bridgehead atoms. The number of rotatable bonds is 6. The standard InChI is InChI=1S/C23H25N5O3/c1-26(2)21(17-7-4-3-5-8-17)23(29)27-14-6-9-20(27)22-24-15-19(25-22)16-10-12-18(13-11-16)28(30)31/h3-5,7-8,10-13,15,20-21H,6,9,14H2,1-2H3,(H,24,25). The monoisotopic (exact) mass is 419 g/mol. The number of nitrogens with zero attached hydrogens (tertiary/aromatic N) is 4. The molecule has 3 aromatic rings. The zero-order chi connectivity index (χ0) is 22.0. The first-order valence-electron chi connectivity index (χ1n) is 10.3. The van der Waals surface area contributed by atoms with Gasteiger partial charge in [0.1, 0.15) is 11.9 Å². The van der Waals surface area contributed by atoms with E-state index in [-0.39, 0.29) is 23.7 Å². The van der Waals surface area contributed by atoms with E-state index in [2.05, 4.69) is 4.98 Å². The fourth-order valence-corrected chi connectivity index (χ4v) is 4.18.